The summed E-state index contributed by atoms with van der Waals surface area (Å²) in [7, 11) is 1.64. The first-order valence-electron chi connectivity index (χ1n) is 8.80. The van der Waals surface area contributed by atoms with E-state index in [1.807, 2.05) is 53.9 Å². The Morgan fingerprint density at radius 1 is 1.11 bits per heavy atom. The molecule has 4 aromatic rings. The summed E-state index contributed by atoms with van der Waals surface area (Å²) >= 11 is 3.14. The number of benzene rings is 2. The van der Waals surface area contributed by atoms with Crippen LogP contribution in [0.5, 0.6) is 5.75 Å². The number of fused-ring (bicyclic) bond motifs is 1. The molecular weight excluding hydrogens is 392 g/mol. The van der Waals surface area contributed by atoms with Gasteiger partial charge in [0.1, 0.15) is 17.4 Å². The highest BCUT2D eigenvalue weighted by molar-refractivity contribution is 7.18. The lowest BCUT2D eigenvalue weighted by Gasteiger charge is -2.02. The maximum atomic E-state index is 12.1. The lowest BCUT2D eigenvalue weighted by Crippen LogP contribution is -2.06. The number of esters is 1. The fourth-order valence-electron chi connectivity index (χ4n) is 2.72. The minimum Gasteiger partial charge on any atom is -0.497 e. The standard InChI is InChI=1S/C21H18N2O3S2/c1-25-16-6-4-5-14(11-16)21-22-15(13-27-21)12-26-20(24)10-9-19-23-17-7-2-3-8-18(17)28-19/h2-8,11,13H,9-10,12H2,1H3. The molecule has 0 aliphatic carbocycles. The van der Waals surface area contributed by atoms with Crippen molar-refractivity contribution >= 4 is 38.9 Å². The summed E-state index contributed by atoms with van der Waals surface area (Å²) in [5, 5.41) is 3.74. The van der Waals surface area contributed by atoms with E-state index in [1.165, 1.54) is 11.3 Å². The van der Waals surface area contributed by atoms with E-state index in [4.69, 9.17) is 9.47 Å². The van der Waals surface area contributed by atoms with Crippen molar-refractivity contribution < 1.29 is 14.3 Å². The first-order valence-corrected chi connectivity index (χ1v) is 10.5. The lowest BCUT2D eigenvalue weighted by atomic mass is 10.2. The predicted octanol–water partition coefficient (Wildman–Crippen LogP) is 5.10. The molecule has 0 radical (unpaired) electrons. The molecule has 142 valence electrons. The van der Waals surface area contributed by atoms with Crippen LogP contribution < -0.4 is 4.74 Å². The van der Waals surface area contributed by atoms with Crippen LogP contribution in [0, 0.1) is 0 Å². The Kier molecular flexibility index (Phi) is 5.64. The number of rotatable bonds is 7. The van der Waals surface area contributed by atoms with E-state index >= 15 is 0 Å². The third-order valence-corrected chi connectivity index (χ3v) is 6.17. The van der Waals surface area contributed by atoms with Crippen molar-refractivity contribution in [3.63, 3.8) is 0 Å². The van der Waals surface area contributed by atoms with Gasteiger partial charge in [-0.05, 0) is 24.3 Å². The van der Waals surface area contributed by atoms with Gasteiger partial charge in [0.2, 0.25) is 0 Å². The number of hydrogen-bond acceptors (Lipinski definition) is 7. The Morgan fingerprint density at radius 2 is 2.00 bits per heavy atom. The average molecular weight is 411 g/mol. The zero-order valence-electron chi connectivity index (χ0n) is 15.3. The highest BCUT2D eigenvalue weighted by Crippen LogP contribution is 2.27. The Hall–Kier alpha value is -2.77. The molecule has 0 saturated heterocycles. The van der Waals surface area contributed by atoms with Crippen LogP contribution in [0.15, 0.2) is 53.9 Å². The lowest BCUT2D eigenvalue weighted by molar-refractivity contribution is -0.145. The van der Waals surface area contributed by atoms with E-state index < -0.39 is 0 Å². The SMILES string of the molecule is COc1cccc(-c2nc(COC(=O)CCc3nc4ccccc4s3)cs2)c1. The Bertz CT molecular complexity index is 1070. The molecule has 0 unspecified atom stereocenters. The van der Waals surface area contributed by atoms with E-state index in [-0.39, 0.29) is 12.6 Å². The Morgan fingerprint density at radius 3 is 2.86 bits per heavy atom. The monoisotopic (exact) mass is 410 g/mol. The summed E-state index contributed by atoms with van der Waals surface area (Å²) in [5.41, 5.74) is 2.71. The molecule has 0 fully saturated rings. The number of aromatic nitrogens is 2. The smallest absolute Gasteiger partial charge is 0.306 e. The number of thiazole rings is 2. The summed E-state index contributed by atoms with van der Waals surface area (Å²) < 4.78 is 11.8. The van der Waals surface area contributed by atoms with E-state index in [0.717, 1.165) is 37.2 Å². The highest BCUT2D eigenvalue weighted by Gasteiger charge is 2.10. The molecule has 2 aromatic carbocycles. The molecule has 28 heavy (non-hydrogen) atoms. The molecule has 0 aliphatic heterocycles. The second kappa shape index (κ2) is 8.50. The van der Waals surface area contributed by atoms with Crippen LogP contribution in [0.4, 0.5) is 0 Å². The molecule has 4 rings (SSSR count). The van der Waals surface area contributed by atoms with Crippen LogP contribution in [0.25, 0.3) is 20.8 Å². The van der Waals surface area contributed by atoms with Gasteiger partial charge in [0.05, 0.1) is 34.4 Å². The number of ether oxygens (including phenoxy) is 2. The third-order valence-electron chi connectivity index (χ3n) is 4.13. The average Bonchev–Trinajstić information content (AvgIpc) is 3.37. The largest absolute Gasteiger partial charge is 0.497 e. The minimum absolute atomic E-state index is 0.180. The zero-order chi connectivity index (χ0) is 19.3. The van der Waals surface area contributed by atoms with Gasteiger partial charge in [-0.1, -0.05) is 24.3 Å². The molecule has 0 bridgehead atoms. The Labute approximate surface area is 170 Å². The number of carbonyl (C=O) groups excluding carboxylic acids is 1. The molecule has 5 nitrogen and oxygen atoms in total. The van der Waals surface area contributed by atoms with Gasteiger partial charge in [0.15, 0.2) is 0 Å². The second-order valence-electron chi connectivity index (χ2n) is 6.11. The molecular formula is C21H18N2O3S2. The van der Waals surface area contributed by atoms with Crippen LogP contribution >= 0.6 is 22.7 Å². The fourth-order valence-corrected chi connectivity index (χ4v) is 4.49. The maximum Gasteiger partial charge on any atom is 0.306 e. The van der Waals surface area contributed by atoms with E-state index in [9.17, 15) is 4.79 Å². The zero-order valence-corrected chi connectivity index (χ0v) is 16.9. The van der Waals surface area contributed by atoms with Gasteiger partial charge < -0.3 is 9.47 Å². The second-order valence-corrected chi connectivity index (χ2v) is 8.09. The highest BCUT2D eigenvalue weighted by atomic mass is 32.1. The van der Waals surface area contributed by atoms with Crippen molar-refractivity contribution in [1.82, 2.24) is 9.97 Å². The van der Waals surface area contributed by atoms with Crippen LogP contribution in [0.2, 0.25) is 0 Å². The van der Waals surface area contributed by atoms with Crippen LogP contribution in [-0.2, 0) is 22.6 Å². The summed E-state index contributed by atoms with van der Waals surface area (Å²) in [4.78, 5) is 21.2. The molecule has 0 N–H and O–H groups in total. The quantitative estimate of drug-likeness (QED) is 0.397. The molecule has 7 heteroatoms. The predicted molar refractivity (Wildman–Crippen MR) is 112 cm³/mol. The number of para-hydroxylation sites is 1. The summed E-state index contributed by atoms with van der Waals surface area (Å²) in [6.07, 6.45) is 0.900. The number of methoxy groups -OCH3 is 1. The normalized spacial score (nSPS) is 10.9. The van der Waals surface area contributed by atoms with Gasteiger partial charge in [-0.2, -0.15) is 0 Å². The van der Waals surface area contributed by atoms with Crippen molar-refractivity contribution in [3.8, 4) is 16.3 Å². The topological polar surface area (TPSA) is 61.3 Å². The van der Waals surface area contributed by atoms with E-state index in [1.54, 1.807) is 18.4 Å². The number of carbonyl (C=O) groups is 1. The van der Waals surface area contributed by atoms with Crippen molar-refractivity contribution in [3.05, 3.63) is 64.6 Å². The first-order chi connectivity index (χ1) is 13.7. The van der Waals surface area contributed by atoms with Gasteiger partial charge in [0.25, 0.3) is 0 Å². The van der Waals surface area contributed by atoms with Gasteiger partial charge in [0, 0.05) is 17.4 Å². The summed E-state index contributed by atoms with van der Waals surface area (Å²) in [6, 6.07) is 15.7. The van der Waals surface area contributed by atoms with Crippen LogP contribution in [0.3, 0.4) is 0 Å². The molecule has 0 saturated carbocycles. The van der Waals surface area contributed by atoms with Crippen molar-refractivity contribution in [2.24, 2.45) is 0 Å². The van der Waals surface area contributed by atoms with Crippen molar-refractivity contribution in [2.75, 3.05) is 7.11 Å². The molecule has 0 atom stereocenters. The van der Waals surface area contributed by atoms with Gasteiger partial charge in [-0.3, -0.25) is 4.79 Å². The van der Waals surface area contributed by atoms with E-state index in [2.05, 4.69) is 9.97 Å². The fraction of sp³-hybridized carbons (Fsp3) is 0.190. The van der Waals surface area contributed by atoms with Gasteiger partial charge in [-0.15, -0.1) is 22.7 Å². The molecule has 0 aliphatic rings. The van der Waals surface area contributed by atoms with Crippen molar-refractivity contribution in [2.45, 2.75) is 19.4 Å². The molecule has 0 spiro atoms. The summed E-state index contributed by atoms with van der Waals surface area (Å²) in [5.74, 6) is 0.547. The van der Waals surface area contributed by atoms with Crippen LogP contribution in [0.1, 0.15) is 17.1 Å². The molecule has 0 amide bonds. The first kappa shape index (κ1) is 18.6. The number of aryl methyl sites for hydroxylation is 1. The third kappa shape index (κ3) is 4.37. The maximum absolute atomic E-state index is 12.1. The van der Waals surface area contributed by atoms with Gasteiger partial charge in [-0.25, -0.2) is 9.97 Å². The minimum atomic E-state index is -0.241. The van der Waals surface area contributed by atoms with E-state index in [0.29, 0.717) is 12.8 Å². The molecule has 2 aromatic heterocycles. The van der Waals surface area contributed by atoms with Crippen LogP contribution in [-0.4, -0.2) is 23.0 Å². The molecule has 2 heterocycles. The Balaban J connectivity index is 1.30. The number of nitrogens with zero attached hydrogens (tertiary/aromatic N) is 2. The van der Waals surface area contributed by atoms with Crippen molar-refractivity contribution in [1.29, 1.82) is 0 Å². The summed E-state index contributed by atoms with van der Waals surface area (Å²) in [6.45, 7) is 0.180. The van der Waals surface area contributed by atoms with Gasteiger partial charge >= 0.3 is 5.97 Å². The number of hydrogen-bond donors (Lipinski definition) is 0.